The zero-order valence-electron chi connectivity index (χ0n) is 11.7. The Balaban J connectivity index is 2.03. The molecule has 1 aliphatic carbocycles. The van der Waals surface area contributed by atoms with Gasteiger partial charge in [0.1, 0.15) is 6.10 Å². The van der Waals surface area contributed by atoms with Crippen LogP contribution in [0.25, 0.3) is 0 Å². The molecule has 0 saturated heterocycles. The number of likely N-dealkylation sites (N-methyl/N-ethyl adjacent to an activating group) is 1. The van der Waals surface area contributed by atoms with E-state index in [2.05, 4.69) is 5.32 Å². The second-order valence-corrected chi connectivity index (χ2v) is 5.05. The number of rotatable bonds is 6. The van der Waals surface area contributed by atoms with Gasteiger partial charge >= 0.3 is 0 Å². The predicted octanol–water partition coefficient (Wildman–Crippen LogP) is 1.97. The molecule has 1 saturated carbocycles. The summed E-state index contributed by atoms with van der Waals surface area (Å²) in [5, 5.41) is 12.7. The second kappa shape index (κ2) is 6.26. The smallest absolute Gasteiger partial charge is 0.161 e. The molecular weight excluding hydrogens is 242 g/mol. The van der Waals surface area contributed by atoms with Crippen LogP contribution >= 0.6 is 0 Å². The number of aliphatic hydroxyl groups excluding tert-OH is 1. The highest BCUT2D eigenvalue weighted by atomic mass is 16.5. The Morgan fingerprint density at radius 3 is 2.68 bits per heavy atom. The van der Waals surface area contributed by atoms with Gasteiger partial charge in [0.15, 0.2) is 11.5 Å². The first-order valence-corrected chi connectivity index (χ1v) is 6.91. The summed E-state index contributed by atoms with van der Waals surface area (Å²) in [6.07, 6.45) is 2.82. The molecule has 0 radical (unpaired) electrons. The Bertz CT molecular complexity index is 404. The summed E-state index contributed by atoms with van der Waals surface area (Å²) >= 11 is 0. The fourth-order valence-electron chi connectivity index (χ4n) is 2.63. The van der Waals surface area contributed by atoms with Crippen LogP contribution in [0.3, 0.4) is 0 Å². The Morgan fingerprint density at radius 2 is 2.11 bits per heavy atom. The fourth-order valence-corrected chi connectivity index (χ4v) is 2.63. The molecule has 4 heteroatoms. The van der Waals surface area contributed by atoms with Crippen molar-refractivity contribution in [2.45, 2.75) is 37.8 Å². The average Bonchev–Trinajstić information content (AvgIpc) is 2.85. The van der Waals surface area contributed by atoms with E-state index in [-0.39, 0.29) is 18.2 Å². The molecule has 1 aromatic rings. The molecule has 2 rings (SSSR count). The van der Waals surface area contributed by atoms with E-state index >= 15 is 0 Å². The van der Waals surface area contributed by atoms with Crippen LogP contribution in [0.2, 0.25) is 0 Å². The van der Waals surface area contributed by atoms with Gasteiger partial charge in [0, 0.05) is 12.0 Å². The average molecular weight is 265 g/mol. The van der Waals surface area contributed by atoms with Crippen molar-refractivity contribution in [3.8, 4) is 11.5 Å². The lowest BCUT2D eigenvalue weighted by atomic mass is 9.99. The van der Waals surface area contributed by atoms with Gasteiger partial charge in [0.25, 0.3) is 0 Å². The maximum atomic E-state index is 9.50. The van der Waals surface area contributed by atoms with E-state index in [0.29, 0.717) is 6.61 Å². The number of benzene rings is 1. The molecule has 0 bridgehead atoms. The lowest BCUT2D eigenvalue weighted by Crippen LogP contribution is -2.44. The molecule has 1 fully saturated rings. The summed E-state index contributed by atoms with van der Waals surface area (Å²) in [6.45, 7) is 2.74. The molecule has 4 nitrogen and oxygen atoms in total. The highest BCUT2D eigenvalue weighted by molar-refractivity contribution is 5.39. The monoisotopic (exact) mass is 265 g/mol. The van der Waals surface area contributed by atoms with Gasteiger partial charge in [0.05, 0.1) is 13.2 Å². The van der Waals surface area contributed by atoms with Gasteiger partial charge in [-0.3, -0.25) is 0 Å². The molecule has 2 atom stereocenters. The standard InChI is InChI=1S/C15H23NO3/c1-3-18-13-6-4-5-7-14(13)19-12-8-9-15(10-12,11-17)16-2/h4-7,12,16-17H,3,8-11H2,1-2H3. The number of ether oxygens (including phenoxy) is 2. The summed E-state index contributed by atoms with van der Waals surface area (Å²) in [5.74, 6) is 1.58. The highest BCUT2D eigenvalue weighted by Gasteiger charge is 2.38. The van der Waals surface area contributed by atoms with Crippen LogP contribution in [0.5, 0.6) is 11.5 Å². The van der Waals surface area contributed by atoms with E-state index in [4.69, 9.17) is 9.47 Å². The van der Waals surface area contributed by atoms with Crippen LogP contribution in [0.4, 0.5) is 0 Å². The highest BCUT2D eigenvalue weighted by Crippen LogP contribution is 2.35. The normalized spacial score (nSPS) is 26.4. The molecule has 19 heavy (non-hydrogen) atoms. The molecular formula is C15H23NO3. The molecule has 1 aromatic carbocycles. The van der Waals surface area contributed by atoms with Gasteiger partial charge in [0.2, 0.25) is 0 Å². The third kappa shape index (κ3) is 3.19. The summed E-state index contributed by atoms with van der Waals surface area (Å²) in [7, 11) is 1.90. The minimum absolute atomic E-state index is 0.126. The van der Waals surface area contributed by atoms with Crippen LogP contribution in [0.15, 0.2) is 24.3 Å². The van der Waals surface area contributed by atoms with E-state index in [1.807, 2.05) is 38.2 Å². The fraction of sp³-hybridized carbons (Fsp3) is 0.600. The molecule has 0 aliphatic heterocycles. The first-order chi connectivity index (χ1) is 9.23. The van der Waals surface area contributed by atoms with E-state index in [1.54, 1.807) is 0 Å². The molecule has 106 valence electrons. The van der Waals surface area contributed by atoms with E-state index in [0.717, 1.165) is 30.8 Å². The number of para-hydroxylation sites is 2. The Kier molecular flexibility index (Phi) is 4.66. The van der Waals surface area contributed by atoms with Crippen LogP contribution in [-0.2, 0) is 0 Å². The Labute approximate surface area is 114 Å². The first-order valence-electron chi connectivity index (χ1n) is 6.91. The second-order valence-electron chi connectivity index (χ2n) is 5.05. The molecule has 0 spiro atoms. The van der Waals surface area contributed by atoms with E-state index in [9.17, 15) is 5.11 Å². The van der Waals surface area contributed by atoms with Crippen molar-refractivity contribution < 1.29 is 14.6 Å². The number of hydrogen-bond acceptors (Lipinski definition) is 4. The molecule has 0 aromatic heterocycles. The van der Waals surface area contributed by atoms with Crippen LogP contribution in [0.1, 0.15) is 26.2 Å². The van der Waals surface area contributed by atoms with Gasteiger partial charge in [-0.1, -0.05) is 12.1 Å². The Morgan fingerprint density at radius 1 is 1.37 bits per heavy atom. The minimum atomic E-state index is -0.189. The number of aliphatic hydroxyl groups is 1. The van der Waals surface area contributed by atoms with Crippen molar-refractivity contribution in [2.24, 2.45) is 0 Å². The van der Waals surface area contributed by atoms with Crippen molar-refractivity contribution in [3.05, 3.63) is 24.3 Å². The summed E-state index contributed by atoms with van der Waals surface area (Å²) in [5.41, 5.74) is -0.189. The van der Waals surface area contributed by atoms with E-state index < -0.39 is 0 Å². The molecule has 2 N–H and O–H groups in total. The third-order valence-corrected chi connectivity index (χ3v) is 3.84. The van der Waals surface area contributed by atoms with Gasteiger partial charge < -0.3 is 19.9 Å². The van der Waals surface area contributed by atoms with Crippen molar-refractivity contribution >= 4 is 0 Å². The van der Waals surface area contributed by atoms with E-state index in [1.165, 1.54) is 0 Å². The topological polar surface area (TPSA) is 50.7 Å². The zero-order chi connectivity index (χ0) is 13.7. The van der Waals surface area contributed by atoms with Gasteiger partial charge in [-0.05, 0) is 38.9 Å². The maximum Gasteiger partial charge on any atom is 0.161 e. The van der Waals surface area contributed by atoms with Crippen molar-refractivity contribution in [2.75, 3.05) is 20.3 Å². The summed E-state index contributed by atoms with van der Waals surface area (Å²) in [4.78, 5) is 0. The molecule has 2 unspecified atom stereocenters. The third-order valence-electron chi connectivity index (χ3n) is 3.84. The summed E-state index contributed by atoms with van der Waals surface area (Å²) < 4.78 is 11.6. The van der Waals surface area contributed by atoms with Gasteiger partial charge in [-0.25, -0.2) is 0 Å². The molecule has 0 heterocycles. The van der Waals surface area contributed by atoms with Crippen LogP contribution < -0.4 is 14.8 Å². The molecule has 1 aliphatic rings. The predicted molar refractivity (Wildman–Crippen MR) is 74.8 cm³/mol. The SMILES string of the molecule is CCOc1ccccc1OC1CCC(CO)(NC)C1. The molecule has 0 amide bonds. The minimum Gasteiger partial charge on any atom is -0.490 e. The first kappa shape index (κ1) is 14.2. The van der Waals surface area contributed by atoms with Gasteiger partial charge in [-0.2, -0.15) is 0 Å². The van der Waals surface area contributed by atoms with Crippen LogP contribution in [-0.4, -0.2) is 37.0 Å². The maximum absolute atomic E-state index is 9.50. The lowest BCUT2D eigenvalue weighted by molar-refractivity contribution is 0.144. The zero-order valence-corrected chi connectivity index (χ0v) is 11.7. The quantitative estimate of drug-likeness (QED) is 0.825. The number of nitrogens with one attached hydrogen (secondary N) is 1. The van der Waals surface area contributed by atoms with Crippen LogP contribution in [0, 0.1) is 0 Å². The lowest BCUT2D eigenvalue weighted by Gasteiger charge is -2.26. The largest absolute Gasteiger partial charge is 0.490 e. The van der Waals surface area contributed by atoms with Gasteiger partial charge in [-0.15, -0.1) is 0 Å². The summed E-state index contributed by atoms with van der Waals surface area (Å²) in [6, 6.07) is 7.75. The Hall–Kier alpha value is -1.26. The van der Waals surface area contributed by atoms with Crippen molar-refractivity contribution in [3.63, 3.8) is 0 Å². The van der Waals surface area contributed by atoms with Crippen molar-refractivity contribution in [1.29, 1.82) is 0 Å². The van der Waals surface area contributed by atoms with Crippen molar-refractivity contribution in [1.82, 2.24) is 5.32 Å². The number of hydrogen-bond donors (Lipinski definition) is 2.